The van der Waals surface area contributed by atoms with Crippen LogP contribution in [-0.4, -0.2) is 22.6 Å². The molecule has 0 unspecified atom stereocenters. The van der Waals surface area contributed by atoms with E-state index in [9.17, 15) is 13.6 Å². The second-order valence-electron chi connectivity index (χ2n) is 5.56. The first-order valence-electron chi connectivity index (χ1n) is 8.00. The van der Waals surface area contributed by atoms with Gasteiger partial charge in [-0.2, -0.15) is 0 Å². The van der Waals surface area contributed by atoms with Crippen LogP contribution in [0.5, 0.6) is 11.5 Å². The Hall–Kier alpha value is -2.74. The maximum absolute atomic E-state index is 14.9. The Morgan fingerprint density at radius 3 is 2.59 bits per heavy atom. The zero-order valence-electron chi connectivity index (χ0n) is 14.5. The van der Waals surface area contributed by atoms with Crippen molar-refractivity contribution in [1.82, 2.24) is 9.55 Å². The topological polar surface area (TPSA) is 53.4 Å². The van der Waals surface area contributed by atoms with Crippen molar-refractivity contribution < 1.29 is 23.0 Å². The lowest BCUT2D eigenvalue weighted by molar-refractivity contribution is 0.0729. The number of esters is 1. The molecular formula is C19H15BrF2N2O3. The number of aryl methyl sites for hydroxylation is 1. The third kappa shape index (κ3) is 3.85. The highest BCUT2D eigenvalue weighted by Crippen LogP contribution is 2.38. The molecule has 0 saturated heterocycles. The fraction of sp³-hybridized carbons (Fsp3) is 0.158. The number of hydrogen-bond acceptors (Lipinski definition) is 4. The maximum atomic E-state index is 14.9. The van der Waals surface area contributed by atoms with E-state index in [-0.39, 0.29) is 32.8 Å². The Bertz CT molecular complexity index is 1000. The lowest BCUT2D eigenvalue weighted by atomic mass is 10.0. The van der Waals surface area contributed by atoms with Gasteiger partial charge in [-0.15, -0.1) is 0 Å². The predicted octanol–water partition coefficient (Wildman–Crippen LogP) is 4.84. The average molecular weight is 437 g/mol. The minimum atomic E-state index is -0.761. The zero-order chi connectivity index (χ0) is 19.6. The van der Waals surface area contributed by atoms with Crippen LogP contribution in [0.25, 0.3) is 11.1 Å². The number of ether oxygens (including phenoxy) is 2. The summed E-state index contributed by atoms with van der Waals surface area (Å²) in [6.45, 7) is 2.54. The van der Waals surface area contributed by atoms with Crippen molar-refractivity contribution >= 4 is 21.9 Å². The Morgan fingerprint density at radius 2 is 1.96 bits per heavy atom. The highest BCUT2D eigenvalue weighted by atomic mass is 79.9. The zero-order valence-corrected chi connectivity index (χ0v) is 16.1. The number of nitrogens with zero attached hydrogens (tertiary/aromatic N) is 2. The first-order chi connectivity index (χ1) is 12.9. The molecule has 0 saturated carbocycles. The largest absolute Gasteiger partial charge is 0.494 e. The molecule has 5 nitrogen and oxygen atoms in total. The van der Waals surface area contributed by atoms with E-state index >= 15 is 0 Å². The molecule has 3 aromatic rings. The highest BCUT2D eigenvalue weighted by Gasteiger charge is 2.21. The van der Waals surface area contributed by atoms with Gasteiger partial charge in [-0.05, 0) is 52.7 Å². The molecule has 0 spiro atoms. The quantitative estimate of drug-likeness (QED) is 0.424. The third-order valence-electron chi connectivity index (χ3n) is 3.91. The molecular weight excluding hydrogens is 422 g/mol. The monoisotopic (exact) mass is 436 g/mol. The molecule has 0 aliphatic heterocycles. The molecule has 0 amide bonds. The van der Waals surface area contributed by atoms with Crippen molar-refractivity contribution in [2.45, 2.75) is 13.5 Å². The number of rotatable bonds is 5. The van der Waals surface area contributed by atoms with Crippen LogP contribution in [0.1, 0.15) is 17.4 Å². The number of carbonyl (C=O) groups excluding carboxylic acids is 1. The molecule has 1 aromatic heterocycles. The van der Waals surface area contributed by atoms with Gasteiger partial charge in [0.15, 0.2) is 17.3 Å². The highest BCUT2D eigenvalue weighted by molar-refractivity contribution is 9.10. The Morgan fingerprint density at radius 1 is 1.22 bits per heavy atom. The Kier molecular flexibility index (Phi) is 5.55. The molecule has 27 heavy (non-hydrogen) atoms. The molecule has 3 rings (SSSR count). The van der Waals surface area contributed by atoms with Crippen molar-refractivity contribution in [3.05, 3.63) is 64.7 Å². The summed E-state index contributed by atoms with van der Waals surface area (Å²) >= 11 is 3.06. The van der Waals surface area contributed by atoms with Crippen LogP contribution >= 0.6 is 15.9 Å². The van der Waals surface area contributed by atoms with E-state index < -0.39 is 17.6 Å². The van der Waals surface area contributed by atoms with Gasteiger partial charge in [0, 0.05) is 12.7 Å². The fourth-order valence-corrected chi connectivity index (χ4v) is 2.74. The summed E-state index contributed by atoms with van der Waals surface area (Å²) in [7, 11) is 1.31. The van der Waals surface area contributed by atoms with Crippen LogP contribution in [0.4, 0.5) is 8.78 Å². The summed E-state index contributed by atoms with van der Waals surface area (Å²) in [5.41, 5.74) is 0.207. The summed E-state index contributed by atoms with van der Waals surface area (Å²) in [4.78, 5) is 16.4. The van der Waals surface area contributed by atoms with E-state index in [0.717, 1.165) is 6.07 Å². The number of hydrogen-bond donors (Lipinski definition) is 0. The molecule has 140 valence electrons. The summed E-state index contributed by atoms with van der Waals surface area (Å²) in [6.07, 6.45) is 3.03. The molecule has 0 radical (unpaired) electrons. The molecule has 0 N–H and O–H groups in total. The number of methoxy groups -OCH3 is 1. The van der Waals surface area contributed by atoms with Crippen molar-refractivity contribution in [2.24, 2.45) is 0 Å². The van der Waals surface area contributed by atoms with E-state index in [1.165, 1.54) is 43.9 Å². The lowest BCUT2D eigenvalue weighted by Crippen LogP contribution is -2.10. The van der Waals surface area contributed by atoms with Crippen molar-refractivity contribution in [1.29, 1.82) is 0 Å². The van der Waals surface area contributed by atoms with Crippen molar-refractivity contribution in [3.63, 3.8) is 0 Å². The number of benzene rings is 2. The summed E-state index contributed by atoms with van der Waals surface area (Å²) < 4.78 is 41.1. The van der Waals surface area contributed by atoms with Gasteiger partial charge in [-0.1, -0.05) is 6.07 Å². The first-order valence-corrected chi connectivity index (χ1v) is 8.79. The summed E-state index contributed by atoms with van der Waals surface area (Å²) in [5, 5.41) is 0. The SMILES string of the molecule is CCn1cnc(C(=O)Oc2ccc(OC)c(F)c2-c2ccc(Br)c(F)c2)c1. The molecule has 2 aromatic carbocycles. The van der Waals surface area contributed by atoms with Gasteiger partial charge < -0.3 is 14.0 Å². The minimum absolute atomic E-state index is 0.0524. The maximum Gasteiger partial charge on any atom is 0.363 e. The molecule has 0 aliphatic carbocycles. The van der Waals surface area contributed by atoms with E-state index in [0.29, 0.717) is 6.54 Å². The first kappa shape index (κ1) is 19.0. The Balaban J connectivity index is 2.05. The molecule has 1 heterocycles. The van der Waals surface area contributed by atoms with Gasteiger partial charge in [0.25, 0.3) is 0 Å². The normalized spacial score (nSPS) is 10.7. The van der Waals surface area contributed by atoms with Gasteiger partial charge >= 0.3 is 5.97 Å². The molecule has 0 fully saturated rings. The molecule has 0 aliphatic rings. The van der Waals surface area contributed by atoms with Gasteiger partial charge in [-0.3, -0.25) is 0 Å². The number of carbonyl (C=O) groups is 1. The van der Waals surface area contributed by atoms with Crippen molar-refractivity contribution in [3.8, 4) is 22.6 Å². The third-order valence-corrected chi connectivity index (χ3v) is 4.55. The molecule has 0 bridgehead atoms. The van der Waals surface area contributed by atoms with Crippen LogP contribution in [0.15, 0.2) is 47.3 Å². The smallest absolute Gasteiger partial charge is 0.363 e. The van der Waals surface area contributed by atoms with Crippen molar-refractivity contribution in [2.75, 3.05) is 7.11 Å². The minimum Gasteiger partial charge on any atom is -0.494 e. The number of halogens is 3. The van der Waals surface area contributed by atoms with Crippen LogP contribution in [0, 0.1) is 11.6 Å². The summed E-state index contributed by atoms with van der Waals surface area (Å²) in [6, 6.07) is 6.82. The number of imidazole rings is 1. The van der Waals surface area contributed by atoms with Crippen LogP contribution in [-0.2, 0) is 6.54 Å². The second kappa shape index (κ2) is 7.87. The predicted molar refractivity (Wildman–Crippen MR) is 98.9 cm³/mol. The van der Waals surface area contributed by atoms with Crippen LogP contribution < -0.4 is 9.47 Å². The van der Waals surface area contributed by atoms with Gasteiger partial charge in [0.05, 0.1) is 23.5 Å². The van der Waals surface area contributed by atoms with E-state index in [2.05, 4.69) is 20.9 Å². The second-order valence-corrected chi connectivity index (χ2v) is 6.42. The van der Waals surface area contributed by atoms with Gasteiger partial charge in [-0.25, -0.2) is 18.6 Å². The van der Waals surface area contributed by atoms with Gasteiger partial charge in [0.2, 0.25) is 0 Å². The van der Waals surface area contributed by atoms with Crippen LogP contribution in [0.3, 0.4) is 0 Å². The van der Waals surface area contributed by atoms with E-state index in [4.69, 9.17) is 9.47 Å². The lowest BCUT2D eigenvalue weighted by Gasteiger charge is -2.13. The van der Waals surface area contributed by atoms with E-state index in [1.807, 2.05) is 6.92 Å². The molecule has 0 atom stereocenters. The Labute approximate surface area is 162 Å². The fourth-order valence-electron chi connectivity index (χ4n) is 2.49. The molecule has 8 heteroatoms. The number of aromatic nitrogens is 2. The van der Waals surface area contributed by atoms with E-state index in [1.54, 1.807) is 4.57 Å². The van der Waals surface area contributed by atoms with Crippen LogP contribution in [0.2, 0.25) is 0 Å². The average Bonchev–Trinajstić information content (AvgIpc) is 3.14. The summed E-state index contributed by atoms with van der Waals surface area (Å²) in [5.74, 6) is -2.20. The standard InChI is InChI=1S/C19H15BrF2N2O3/c1-3-24-9-14(23-10-24)19(25)27-15-6-7-16(26-2)18(22)17(15)11-4-5-12(20)13(21)8-11/h4-10H,3H2,1-2H3. The van der Waals surface area contributed by atoms with Gasteiger partial charge in [0.1, 0.15) is 11.6 Å².